The summed E-state index contributed by atoms with van der Waals surface area (Å²) in [5.41, 5.74) is 2.51. The number of rotatable bonds is 9. The van der Waals surface area contributed by atoms with Crippen molar-refractivity contribution in [3.8, 4) is 0 Å². The third-order valence-corrected chi connectivity index (χ3v) is 7.06. The van der Waals surface area contributed by atoms with Crippen molar-refractivity contribution in [1.82, 2.24) is 5.32 Å². The minimum absolute atomic E-state index is 0.127. The maximum atomic E-state index is 13.0. The first-order chi connectivity index (χ1) is 18.0. The number of benzene rings is 3. The van der Waals surface area contributed by atoms with Gasteiger partial charge in [-0.25, -0.2) is 0 Å². The number of halogens is 1. The second-order valence-electron chi connectivity index (χ2n) is 7.73. The van der Waals surface area contributed by atoms with Crippen LogP contribution in [-0.2, 0) is 9.59 Å². The zero-order valence-electron chi connectivity index (χ0n) is 19.4. The summed E-state index contributed by atoms with van der Waals surface area (Å²) < 4.78 is 0. The van der Waals surface area contributed by atoms with Crippen molar-refractivity contribution in [1.29, 1.82) is 0 Å². The molecule has 1 aromatic heterocycles. The molecule has 4 aromatic rings. The molecule has 186 valence electrons. The molecule has 0 fully saturated rings. The van der Waals surface area contributed by atoms with Crippen LogP contribution in [-0.4, -0.2) is 23.5 Å². The first kappa shape index (κ1) is 26.2. The third-order valence-electron chi connectivity index (χ3n) is 5.01. The van der Waals surface area contributed by atoms with Crippen LogP contribution in [0, 0.1) is 0 Å². The van der Waals surface area contributed by atoms with Crippen molar-refractivity contribution in [2.45, 2.75) is 4.90 Å². The molecule has 3 amide bonds. The van der Waals surface area contributed by atoms with Crippen LogP contribution < -0.4 is 16.0 Å². The average Bonchev–Trinajstić information content (AvgIpc) is 3.43. The maximum Gasteiger partial charge on any atom is 0.272 e. The van der Waals surface area contributed by atoms with Crippen LogP contribution in [0.15, 0.2) is 106 Å². The summed E-state index contributed by atoms with van der Waals surface area (Å²) in [5.74, 6) is -0.794. The molecule has 0 aliphatic heterocycles. The first-order valence-electron chi connectivity index (χ1n) is 11.2. The van der Waals surface area contributed by atoms with E-state index < -0.39 is 5.91 Å². The number of amides is 3. The number of thioether (sulfide) groups is 1. The van der Waals surface area contributed by atoms with Crippen molar-refractivity contribution < 1.29 is 14.4 Å². The minimum atomic E-state index is -0.449. The van der Waals surface area contributed by atoms with E-state index in [0.717, 1.165) is 10.5 Å². The molecule has 0 radical (unpaired) electrons. The van der Waals surface area contributed by atoms with E-state index in [2.05, 4.69) is 16.0 Å². The van der Waals surface area contributed by atoms with E-state index in [-0.39, 0.29) is 23.3 Å². The normalized spacial score (nSPS) is 11.0. The number of carbonyl (C=O) groups is 3. The molecule has 0 aliphatic rings. The van der Waals surface area contributed by atoms with Gasteiger partial charge in [-0.1, -0.05) is 41.9 Å². The lowest BCUT2D eigenvalue weighted by molar-refractivity contribution is -0.114. The highest BCUT2D eigenvalue weighted by molar-refractivity contribution is 8.00. The molecular weight excluding hydrogens is 526 g/mol. The molecule has 0 saturated carbocycles. The highest BCUT2D eigenvalue weighted by Gasteiger charge is 2.15. The summed E-state index contributed by atoms with van der Waals surface area (Å²) in [6.07, 6.45) is 1.63. The van der Waals surface area contributed by atoms with E-state index in [9.17, 15) is 14.4 Å². The number of thiophene rings is 1. The number of anilines is 2. The first-order valence-corrected chi connectivity index (χ1v) is 13.5. The van der Waals surface area contributed by atoms with Gasteiger partial charge in [0.1, 0.15) is 5.70 Å². The van der Waals surface area contributed by atoms with Crippen LogP contribution in [0.25, 0.3) is 6.08 Å². The Bertz CT molecular complexity index is 1410. The molecule has 0 aliphatic carbocycles. The number of carbonyl (C=O) groups excluding carboxylic acids is 3. The van der Waals surface area contributed by atoms with Crippen molar-refractivity contribution >= 4 is 69.9 Å². The molecule has 1 heterocycles. The topological polar surface area (TPSA) is 87.3 Å². The Hall–Kier alpha value is -3.85. The van der Waals surface area contributed by atoms with Crippen LogP contribution in [0.4, 0.5) is 11.4 Å². The fourth-order valence-electron chi connectivity index (χ4n) is 3.20. The van der Waals surface area contributed by atoms with Gasteiger partial charge >= 0.3 is 0 Å². The van der Waals surface area contributed by atoms with E-state index in [1.807, 2.05) is 35.0 Å². The fourth-order valence-corrected chi connectivity index (χ4v) is 4.70. The monoisotopic (exact) mass is 547 g/mol. The Morgan fingerprint density at radius 2 is 1.59 bits per heavy atom. The van der Waals surface area contributed by atoms with E-state index in [0.29, 0.717) is 22.0 Å². The second-order valence-corrected chi connectivity index (χ2v) is 9.97. The number of hydrogen-bond acceptors (Lipinski definition) is 5. The summed E-state index contributed by atoms with van der Waals surface area (Å²) in [7, 11) is 0. The third kappa shape index (κ3) is 7.82. The van der Waals surface area contributed by atoms with Crippen LogP contribution in [0.5, 0.6) is 0 Å². The Kier molecular flexibility index (Phi) is 9.15. The van der Waals surface area contributed by atoms with Gasteiger partial charge in [0.05, 0.1) is 16.5 Å². The molecule has 0 atom stereocenters. The van der Waals surface area contributed by atoms with E-state index in [4.69, 9.17) is 11.6 Å². The quantitative estimate of drug-likeness (QED) is 0.164. The van der Waals surface area contributed by atoms with Gasteiger partial charge in [-0.15, -0.1) is 11.8 Å². The highest BCUT2D eigenvalue weighted by atomic mass is 35.5. The Labute approximate surface area is 227 Å². The van der Waals surface area contributed by atoms with E-state index in [1.54, 1.807) is 66.7 Å². The van der Waals surface area contributed by atoms with Crippen LogP contribution in [0.1, 0.15) is 15.9 Å². The van der Waals surface area contributed by atoms with Crippen LogP contribution in [0.2, 0.25) is 5.02 Å². The molecule has 0 bridgehead atoms. The summed E-state index contributed by atoms with van der Waals surface area (Å²) in [6, 6.07) is 24.7. The van der Waals surface area contributed by atoms with Gasteiger partial charge in [0.2, 0.25) is 5.91 Å². The zero-order valence-corrected chi connectivity index (χ0v) is 21.8. The molecule has 0 saturated heterocycles. The summed E-state index contributed by atoms with van der Waals surface area (Å²) in [6.45, 7) is 0. The minimum Gasteiger partial charge on any atom is -0.324 e. The van der Waals surface area contributed by atoms with E-state index in [1.165, 1.54) is 23.1 Å². The Balaban J connectivity index is 1.37. The van der Waals surface area contributed by atoms with Gasteiger partial charge < -0.3 is 16.0 Å². The van der Waals surface area contributed by atoms with Crippen molar-refractivity contribution in [2.24, 2.45) is 0 Å². The van der Waals surface area contributed by atoms with Crippen molar-refractivity contribution in [3.05, 3.63) is 118 Å². The summed E-state index contributed by atoms with van der Waals surface area (Å²) in [5, 5.41) is 12.6. The SMILES string of the molecule is O=C(CSc1ccc(NC(=O)/C(=C/c2ccsc2)NC(=O)c2ccccc2)cc1)Nc1ccccc1Cl. The molecule has 3 N–H and O–H groups in total. The predicted molar refractivity (Wildman–Crippen MR) is 152 cm³/mol. The van der Waals surface area contributed by atoms with Gasteiger partial charge in [-0.05, 0) is 77.0 Å². The zero-order chi connectivity index (χ0) is 26.0. The number of hydrogen-bond donors (Lipinski definition) is 3. The maximum absolute atomic E-state index is 13.0. The van der Waals surface area contributed by atoms with Gasteiger partial charge in [-0.3, -0.25) is 14.4 Å². The average molecular weight is 548 g/mol. The Morgan fingerprint density at radius 3 is 2.30 bits per heavy atom. The van der Waals surface area contributed by atoms with Gasteiger partial charge in [0, 0.05) is 16.1 Å². The van der Waals surface area contributed by atoms with Crippen LogP contribution >= 0.6 is 34.7 Å². The molecule has 37 heavy (non-hydrogen) atoms. The lowest BCUT2D eigenvalue weighted by Crippen LogP contribution is -2.30. The van der Waals surface area contributed by atoms with E-state index >= 15 is 0 Å². The number of para-hydroxylation sites is 1. The van der Waals surface area contributed by atoms with Gasteiger partial charge in [-0.2, -0.15) is 11.3 Å². The molecule has 9 heteroatoms. The van der Waals surface area contributed by atoms with Gasteiger partial charge in [0.25, 0.3) is 11.8 Å². The molecular formula is C28H22ClN3O3S2. The number of nitrogens with one attached hydrogen (secondary N) is 3. The van der Waals surface area contributed by atoms with Crippen molar-refractivity contribution in [3.63, 3.8) is 0 Å². The lowest BCUT2D eigenvalue weighted by Gasteiger charge is -2.12. The predicted octanol–water partition coefficient (Wildman–Crippen LogP) is 6.54. The fraction of sp³-hybridized carbons (Fsp3) is 0.0357. The largest absolute Gasteiger partial charge is 0.324 e. The van der Waals surface area contributed by atoms with Crippen LogP contribution in [0.3, 0.4) is 0 Å². The lowest BCUT2D eigenvalue weighted by atomic mass is 10.2. The second kappa shape index (κ2) is 12.9. The summed E-state index contributed by atoms with van der Waals surface area (Å²) in [4.78, 5) is 38.8. The van der Waals surface area contributed by atoms with Gasteiger partial charge in [0.15, 0.2) is 0 Å². The molecule has 0 unspecified atom stereocenters. The molecule has 6 nitrogen and oxygen atoms in total. The molecule has 3 aromatic carbocycles. The smallest absolute Gasteiger partial charge is 0.272 e. The molecule has 0 spiro atoms. The molecule has 4 rings (SSSR count). The standard InChI is InChI=1S/C28H22ClN3O3S2/c29-23-8-4-5-9-24(23)31-26(33)18-37-22-12-10-21(11-13-22)30-28(35)25(16-19-14-15-36-17-19)32-27(34)20-6-2-1-3-7-20/h1-17H,18H2,(H,30,35)(H,31,33)(H,32,34)/b25-16-. The Morgan fingerprint density at radius 1 is 0.865 bits per heavy atom. The van der Waals surface area contributed by atoms with Crippen molar-refractivity contribution in [2.75, 3.05) is 16.4 Å². The summed E-state index contributed by atoms with van der Waals surface area (Å²) >= 11 is 8.94. The highest BCUT2D eigenvalue weighted by Crippen LogP contribution is 2.23.